The Labute approximate surface area is 121 Å². The van der Waals surface area contributed by atoms with Crippen LogP contribution in [0, 0.1) is 5.92 Å². The fourth-order valence-corrected chi connectivity index (χ4v) is 3.12. The van der Waals surface area contributed by atoms with Crippen molar-refractivity contribution in [1.29, 1.82) is 0 Å². The van der Waals surface area contributed by atoms with Crippen LogP contribution in [-0.4, -0.2) is 35.4 Å². The third-order valence-corrected chi connectivity index (χ3v) is 4.30. The van der Waals surface area contributed by atoms with Gasteiger partial charge in [0.2, 0.25) is 0 Å². The van der Waals surface area contributed by atoms with Crippen LogP contribution in [0.2, 0.25) is 0 Å². The van der Waals surface area contributed by atoms with Gasteiger partial charge in [0.15, 0.2) is 0 Å². The molecule has 4 heteroatoms. The van der Waals surface area contributed by atoms with Gasteiger partial charge in [-0.3, -0.25) is 9.78 Å². The Kier molecular flexibility index (Phi) is 4.99. The molecule has 1 fully saturated rings. The van der Waals surface area contributed by atoms with Gasteiger partial charge >= 0.3 is 0 Å². The van der Waals surface area contributed by atoms with E-state index in [1.807, 2.05) is 24.9 Å². The third kappa shape index (κ3) is 3.11. The van der Waals surface area contributed by atoms with Crippen molar-refractivity contribution in [3.05, 3.63) is 24.0 Å². The minimum absolute atomic E-state index is 0.0992. The Morgan fingerprint density at radius 3 is 2.90 bits per heavy atom. The number of amides is 1. The molecule has 1 amide bonds. The third-order valence-electron chi connectivity index (χ3n) is 4.30. The number of carbonyl (C=O) groups is 1. The predicted octanol–water partition coefficient (Wildman–Crippen LogP) is 3.16. The van der Waals surface area contributed by atoms with Gasteiger partial charge in [0.25, 0.3) is 5.91 Å². The van der Waals surface area contributed by atoms with Gasteiger partial charge in [-0.1, -0.05) is 19.8 Å². The quantitative estimate of drug-likeness (QED) is 0.918. The van der Waals surface area contributed by atoms with Gasteiger partial charge in [-0.15, -0.1) is 0 Å². The van der Waals surface area contributed by atoms with Crippen molar-refractivity contribution in [2.45, 2.75) is 45.6 Å². The van der Waals surface area contributed by atoms with E-state index < -0.39 is 0 Å². The molecule has 0 saturated heterocycles. The lowest BCUT2D eigenvalue weighted by Gasteiger charge is -2.36. The summed E-state index contributed by atoms with van der Waals surface area (Å²) in [4.78, 5) is 18.8. The summed E-state index contributed by atoms with van der Waals surface area (Å²) in [5.74, 6) is 0.684. The summed E-state index contributed by atoms with van der Waals surface area (Å²) >= 11 is 0. The number of pyridine rings is 1. The molecule has 2 rings (SSSR count). The normalized spacial score (nSPS) is 22.4. The van der Waals surface area contributed by atoms with Crippen LogP contribution in [0.5, 0.6) is 0 Å². The molecule has 1 aliphatic carbocycles. The number of hydrogen-bond acceptors (Lipinski definition) is 3. The lowest BCUT2D eigenvalue weighted by atomic mass is 9.85. The van der Waals surface area contributed by atoms with Crippen molar-refractivity contribution in [2.75, 3.05) is 18.9 Å². The zero-order valence-corrected chi connectivity index (χ0v) is 12.7. The number of nitrogens with zero attached hydrogens (tertiary/aromatic N) is 2. The largest absolute Gasteiger partial charge is 0.383 e. The maximum Gasteiger partial charge on any atom is 0.256 e. The number of carbonyl (C=O) groups excluding carboxylic acids is 1. The van der Waals surface area contributed by atoms with Crippen LogP contribution in [0.25, 0.3) is 0 Å². The summed E-state index contributed by atoms with van der Waals surface area (Å²) < 4.78 is 0. The van der Waals surface area contributed by atoms with Gasteiger partial charge in [-0.25, -0.2) is 0 Å². The van der Waals surface area contributed by atoms with Crippen LogP contribution in [-0.2, 0) is 0 Å². The van der Waals surface area contributed by atoms with Crippen LogP contribution in [0.15, 0.2) is 18.5 Å². The molecule has 0 aromatic carbocycles. The minimum Gasteiger partial charge on any atom is -0.383 e. The van der Waals surface area contributed by atoms with Crippen molar-refractivity contribution < 1.29 is 4.79 Å². The van der Waals surface area contributed by atoms with Crippen molar-refractivity contribution in [3.8, 4) is 0 Å². The highest BCUT2D eigenvalue weighted by atomic mass is 16.2. The number of rotatable bonds is 4. The molecule has 4 nitrogen and oxygen atoms in total. The topological polar surface area (TPSA) is 45.2 Å². The van der Waals surface area contributed by atoms with Gasteiger partial charge in [-0.2, -0.15) is 0 Å². The number of aromatic nitrogens is 1. The molecule has 1 aliphatic rings. The Morgan fingerprint density at radius 2 is 2.20 bits per heavy atom. The first kappa shape index (κ1) is 14.8. The van der Waals surface area contributed by atoms with Gasteiger partial charge in [0.1, 0.15) is 0 Å². The Hall–Kier alpha value is -1.58. The average Bonchev–Trinajstić information content (AvgIpc) is 2.47. The molecule has 1 saturated carbocycles. The molecule has 0 radical (unpaired) electrons. The first-order chi connectivity index (χ1) is 9.65. The van der Waals surface area contributed by atoms with E-state index in [-0.39, 0.29) is 5.91 Å². The van der Waals surface area contributed by atoms with Crippen molar-refractivity contribution in [2.24, 2.45) is 5.92 Å². The number of anilines is 1. The molecule has 1 aromatic rings. The summed E-state index contributed by atoms with van der Waals surface area (Å²) in [5.41, 5.74) is 1.55. The molecule has 1 heterocycles. The van der Waals surface area contributed by atoms with Gasteiger partial charge in [-0.05, 0) is 31.7 Å². The maximum absolute atomic E-state index is 12.7. The Morgan fingerprint density at radius 1 is 1.45 bits per heavy atom. The zero-order chi connectivity index (χ0) is 14.5. The molecule has 1 N–H and O–H groups in total. The van der Waals surface area contributed by atoms with E-state index >= 15 is 0 Å². The SMILES string of the molecule is CCNc1cnccc1C(=O)N(C)C1CCCCC1C. The van der Waals surface area contributed by atoms with E-state index in [9.17, 15) is 4.79 Å². The highest BCUT2D eigenvalue weighted by Gasteiger charge is 2.29. The highest BCUT2D eigenvalue weighted by Crippen LogP contribution is 2.29. The Bertz CT molecular complexity index is 461. The minimum atomic E-state index is 0.0992. The van der Waals surface area contributed by atoms with E-state index in [0.29, 0.717) is 12.0 Å². The lowest BCUT2D eigenvalue weighted by Crippen LogP contribution is -2.42. The fraction of sp³-hybridized carbons (Fsp3) is 0.625. The molecular formula is C16H25N3O. The highest BCUT2D eigenvalue weighted by molar-refractivity contribution is 5.99. The van der Waals surface area contributed by atoms with Crippen LogP contribution >= 0.6 is 0 Å². The smallest absolute Gasteiger partial charge is 0.256 e. The molecule has 2 unspecified atom stereocenters. The Balaban J connectivity index is 2.17. The first-order valence-electron chi connectivity index (χ1n) is 7.60. The molecule has 20 heavy (non-hydrogen) atoms. The average molecular weight is 275 g/mol. The lowest BCUT2D eigenvalue weighted by molar-refractivity contribution is 0.0630. The molecule has 1 aromatic heterocycles. The van der Waals surface area contributed by atoms with Crippen molar-refractivity contribution in [1.82, 2.24) is 9.88 Å². The summed E-state index contributed by atoms with van der Waals surface area (Å²) in [5, 5.41) is 3.22. The second-order valence-corrected chi connectivity index (χ2v) is 5.70. The van der Waals surface area contributed by atoms with Gasteiger partial charge < -0.3 is 10.2 Å². The van der Waals surface area contributed by atoms with E-state index in [1.165, 1.54) is 19.3 Å². The van der Waals surface area contributed by atoms with Gasteiger partial charge in [0.05, 0.1) is 17.4 Å². The van der Waals surface area contributed by atoms with Gasteiger partial charge in [0, 0.05) is 25.8 Å². The first-order valence-corrected chi connectivity index (χ1v) is 7.60. The van der Waals surface area contributed by atoms with E-state index in [2.05, 4.69) is 17.2 Å². The van der Waals surface area contributed by atoms with Crippen molar-refractivity contribution in [3.63, 3.8) is 0 Å². The van der Waals surface area contributed by atoms with Crippen LogP contribution in [0.3, 0.4) is 0 Å². The number of hydrogen-bond donors (Lipinski definition) is 1. The van der Waals surface area contributed by atoms with Crippen molar-refractivity contribution >= 4 is 11.6 Å². The molecule has 2 atom stereocenters. The fourth-order valence-electron chi connectivity index (χ4n) is 3.12. The summed E-state index contributed by atoms with van der Waals surface area (Å²) in [6, 6.07) is 2.17. The second-order valence-electron chi connectivity index (χ2n) is 5.70. The van der Waals surface area contributed by atoms with E-state index in [1.54, 1.807) is 12.4 Å². The van der Waals surface area contributed by atoms with Crippen LogP contribution in [0.4, 0.5) is 5.69 Å². The van der Waals surface area contributed by atoms with E-state index in [4.69, 9.17) is 0 Å². The van der Waals surface area contributed by atoms with E-state index in [0.717, 1.165) is 24.2 Å². The molecule has 110 valence electrons. The predicted molar refractivity (Wildman–Crippen MR) is 81.9 cm³/mol. The summed E-state index contributed by atoms with van der Waals surface area (Å²) in [6.07, 6.45) is 8.27. The summed E-state index contributed by atoms with van der Waals surface area (Å²) in [6.45, 7) is 5.06. The number of nitrogens with one attached hydrogen (secondary N) is 1. The molecular weight excluding hydrogens is 250 g/mol. The molecule has 0 spiro atoms. The zero-order valence-electron chi connectivity index (χ0n) is 12.7. The molecule has 0 bridgehead atoms. The maximum atomic E-state index is 12.7. The second kappa shape index (κ2) is 6.73. The summed E-state index contributed by atoms with van der Waals surface area (Å²) in [7, 11) is 1.94. The molecule has 0 aliphatic heterocycles. The standard InChI is InChI=1S/C16H25N3O/c1-4-18-14-11-17-10-9-13(14)16(20)19(3)15-8-6-5-7-12(15)2/h9-12,15,18H,4-8H2,1-3H3. The van der Waals surface area contributed by atoms with Crippen LogP contribution < -0.4 is 5.32 Å². The monoisotopic (exact) mass is 275 g/mol. The van der Waals surface area contributed by atoms with Crippen LogP contribution in [0.1, 0.15) is 49.9 Å².